The molecule has 0 spiro atoms. The van der Waals surface area contributed by atoms with Gasteiger partial charge in [-0.25, -0.2) is 0 Å². The van der Waals surface area contributed by atoms with E-state index in [0.29, 0.717) is 11.3 Å². The van der Waals surface area contributed by atoms with Gasteiger partial charge in [0, 0.05) is 32.2 Å². The fraction of sp³-hybridized carbons (Fsp3) is 0.632. The van der Waals surface area contributed by atoms with Gasteiger partial charge in [0.05, 0.1) is 12.7 Å². The van der Waals surface area contributed by atoms with E-state index in [1.165, 1.54) is 25.7 Å². The van der Waals surface area contributed by atoms with Crippen LogP contribution in [0.1, 0.15) is 43.0 Å². The zero-order valence-corrected chi connectivity index (χ0v) is 14.3. The molecule has 2 aliphatic rings. The van der Waals surface area contributed by atoms with Crippen LogP contribution >= 0.6 is 0 Å². The number of rotatable bonds is 3. The number of hydrogen-bond donors (Lipinski definition) is 0. The monoisotopic (exact) mass is 316 g/mol. The molecule has 0 aromatic heterocycles. The molecule has 0 unspecified atom stereocenters. The van der Waals surface area contributed by atoms with Crippen molar-refractivity contribution in [3.05, 3.63) is 29.8 Å². The smallest absolute Gasteiger partial charge is 0.257 e. The number of amides is 1. The Labute approximate surface area is 139 Å². The molecule has 0 N–H and O–H groups in total. The van der Waals surface area contributed by atoms with E-state index in [2.05, 4.69) is 11.8 Å². The van der Waals surface area contributed by atoms with Gasteiger partial charge < -0.3 is 9.64 Å². The van der Waals surface area contributed by atoms with Gasteiger partial charge in [-0.15, -0.1) is 0 Å². The summed E-state index contributed by atoms with van der Waals surface area (Å²) in [6.45, 7) is 6.01. The number of carbonyl (C=O) groups is 1. The first-order chi connectivity index (χ1) is 11.2. The summed E-state index contributed by atoms with van der Waals surface area (Å²) in [6, 6.07) is 8.23. The van der Waals surface area contributed by atoms with Crippen LogP contribution in [0.4, 0.5) is 0 Å². The van der Waals surface area contributed by atoms with Crippen LogP contribution in [0.3, 0.4) is 0 Å². The van der Waals surface area contributed by atoms with Gasteiger partial charge in [-0.1, -0.05) is 31.9 Å². The number of nitrogens with zero attached hydrogens (tertiary/aromatic N) is 2. The molecule has 1 aromatic rings. The number of piperazine rings is 1. The molecule has 2 fully saturated rings. The summed E-state index contributed by atoms with van der Waals surface area (Å²) in [5.74, 6) is 1.61. The fourth-order valence-electron chi connectivity index (χ4n) is 4.02. The van der Waals surface area contributed by atoms with Gasteiger partial charge in [0.15, 0.2) is 0 Å². The fourth-order valence-corrected chi connectivity index (χ4v) is 4.02. The average molecular weight is 316 g/mol. The van der Waals surface area contributed by atoms with Gasteiger partial charge in [-0.05, 0) is 30.9 Å². The first kappa shape index (κ1) is 16.3. The van der Waals surface area contributed by atoms with Crippen LogP contribution in [-0.4, -0.2) is 55.0 Å². The lowest BCUT2D eigenvalue weighted by atomic mass is 9.86. The highest BCUT2D eigenvalue weighted by atomic mass is 16.5. The molecule has 126 valence electrons. The molecule has 3 rings (SSSR count). The maximum absolute atomic E-state index is 12.7. The van der Waals surface area contributed by atoms with Crippen LogP contribution in [0.15, 0.2) is 24.3 Å². The van der Waals surface area contributed by atoms with Gasteiger partial charge in [-0.2, -0.15) is 0 Å². The van der Waals surface area contributed by atoms with Crippen molar-refractivity contribution in [2.45, 2.75) is 38.6 Å². The Hall–Kier alpha value is -1.55. The van der Waals surface area contributed by atoms with Crippen molar-refractivity contribution in [1.29, 1.82) is 0 Å². The standard InChI is InChI=1S/C19H28N2O2/c1-15-6-5-7-16(14-15)20-10-12-21(13-11-20)19(22)17-8-3-4-9-18(17)23-2/h3-4,8-9,15-16H,5-7,10-14H2,1-2H3/t15-,16+/m1/s1. The number of para-hydroxylation sites is 1. The third-order valence-electron chi connectivity index (χ3n) is 5.36. The Morgan fingerprint density at radius 3 is 2.57 bits per heavy atom. The van der Waals surface area contributed by atoms with E-state index in [4.69, 9.17) is 4.74 Å². The van der Waals surface area contributed by atoms with Crippen LogP contribution in [0.5, 0.6) is 5.75 Å². The van der Waals surface area contributed by atoms with Crippen molar-refractivity contribution in [1.82, 2.24) is 9.80 Å². The van der Waals surface area contributed by atoms with Crippen LogP contribution < -0.4 is 4.74 Å². The van der Waals surface area contributed by atoms with E-state index >= 15 is 0 Å². The van der Waals surface area contributed by atoms with Crippen LogP contribution in [-0.2, 0) is 0 Å². The van der Waals surface area contributed by atoms with Crippen LogP contribution in [0.25, 0.3) is 0 Å². The zero-order valence-electron chi connectivity index (χ0n) is 14.3. The van der Waals surface area contributed by atoms with Crippen molar-refractivity contribution >= 4 is 5.91 Å². The summed E-state index contributed by atoms with van der Waals surface area (Å²) in [5.41, 5.74) is 0.676. The highest BCUT2D eigenvalue weighted by Crippen LogP contribution is 2.28. The molecule has 23 heavy (non-hydrogen) atoms. The Kier molecular flexibility index (Phi) is 5.21. The van der Waals surface area contributed by atoms with E-state index in [1.807, 2.05) is 29.2 Å². The minimum absolute atomic E-state index is 0.0964. The summed E-state index contributed by atoms with van der Waals surface area (Å²) >= 11 is 0. The second kappa shape index (κ2) is 7.35. The zero-order chi connectivity index (χ0) is 16.2. The Morgan fingerprint density at radius 2 is 1.87 bits per heavy atom. The van der Waals surface area contributed by atoms with Crippen molar-refractivity contribution in [2.75, 3.05) is 33.3 Å². The second-order valence-electron chi connectivity index (χ2n) is 6.95. The molecule has 4 nitrogen and oxygen atoms in total. The third kappa shape index (κ3) is 3.69. The second-order valence-corrected chi connectivity index (χ2v) is 6.95. The maximum Gasteiger partial charge on any atom is 0.257 e. The Morgan fingerprint density at radius 1 is 1.13 bits per heavy atom. The summed E-state index contributed by atoms with van der Waals surface area (Å²) in [4.78, 5) is 17.3. The Bertz CT molecular complexity index is 538. The summed E-state index contributed by atoms with van der Waals surface area (Å²) in [7, 11) is 1.62. The van der Waals surface area contributed by atoms with E-state index in [1.54, 1.807) is 7.11 Å². The van der Waals surface area contributed by atoms with Crippen molar-refractivity contribution in [3.8, 4) is 5.75 Å². The van der Waals surface area contributed by atoms with Gasteiger partial charge >= 0.3 is 0 Å². The van der Waals surface area contributed by atoms with Gasteiger partial charge in [0.2, 0.25) is 0 Å². The molecular formula is C19H28N2O2. The van der Waals surface area contributed by atoms with Crippen LogP contribution in [0.2, 0.25) is 0 Å². The van der Waals surface area contributed by atoms with Gasteiger partial charge in [0.25, 0.3) is 5.91 Å². The van der Waals surface area contributed by atoms with Crippen LogP contribution in [0, 0.1) is 5.92 Å². The molecule has 1 heterocycles. The van der Waals surface area contributed by atoms with Gasteiger partial charge in [-0.3, -0.25) is 9.69 Å². The molecular weight excluding hydrogens is 288 g/mol. The van der Waals surface area contributed by atoms with E-state index in [9.17, 15) is 4.79 Å². The van der Waals surface area contributed by atoms with E-state index in [-0.39, 0.29) is 5.91 Å². The minimum Gasteiger partial charge on any atom is -0.496 e. The summed E-state index contributed by atoms with van der Waals surface area (Å²) < 4.78 is 5.33. The highest BCUT2D eigenvalue weighted by molar-refractivity contribution is 5.97. The largest absolute Gasteiger partial charge is 0.496 e. The lowest BCUT2D eigenvalue weighted by molar-refractivity contribution is 0.0486. The maximum atomic E-state index is 12.7. The average Bonchev–Trinajstić information content (AvgIpc) is 2.61. The first-order valence-electron chi connectivity index (χ1n) is 8.85. The van der Waals surface area contributed by atoms with Gasteiger partial charge in [0.1, 0.15) is 5.75 Å². The predicted molar refractivity (Wildman–Crippen MR) is 91.9 cm³/mol. The van der Waals surface area contributed by atoms with Crippen molar-refractivity contribution in [3.63, 3.8) is 0 Å². The topological polar surface area (TPSA) is 32.8 Å². The molecule has 1 aromatic carbocycles. The summed E-state index contributed by atoms with van der Waals surface area (Å²) in [6.07, 6.45) is 5.38. The Balaban J connectivity index is 1.59. The minimum atomic E-state index is 0.0964. The molecule has 4 heteroatoms. The molecule has 1 saturated heterocycles. The first-order valence-corrected chi connectivity index (χ1v) is 8.85. The number of hydrogen-bond acceptors (Lipinski definition) is 3. The molecule has 1 aliphatic heterocycles. The SMILES string of the molecule is COc1ccccc1C(=O)N1CCN([C@H]2CCC[C@@H](C)C2)CC1. The molecule has 1 amide bonds. The molecule has 1 saturated carbocycles. The van der Waals surface area contributed by atoms with Crippen molar-refractivity contribution in [2.24, 2.45) is 5.92 Å². The number of benzene rings is 1. The van der Waals surface area contributed by atoms with E-state index in [0.717, 1.165) is 38.1 Å². The molecule has 2 atom stereocenters. The molecule has 0 bridgehead atoms. The number of carbonyl (C=O) groups excluding carboxylic acids is 1. The highest BCUT2D eigenvalue weighted by Gasteiger charge is 2.29. The van der Waals surface area contributed by atoms with Crippen molar-refractivity contribution < 1.29 is 9.53 Å². The lowest BCUT2D eigenvalue weighted by Crippen LogP contribution is -2.52. The lowest BCUT2D eigenvalue weighted by Gasteiger charge is -2.42. The summed E-state index contributed by atoms with van der Waals surface area (Å²) in [5, 5.41) is 0. The molecule has 0 radical (unpaired) electrons. The van der Waals surface area contributed by atoms with E-state index < -0.39 is 0 Å². The molecule has 1 aliphatic carbocycles. The third-order valence-corrected chi connectivity index (χ3v) is 5.36. The predicted octanol–water partition coefficient (Wildman–Crippen LogP) is 3.03. The number of methoxy groups -OCH3 is 1. The number of ether oxygens (including phenoxy) is 1. The quantitative estimate of drug-likeness (QED) is 0.859. The normalized spacial score (nSPS) is 26.1.